The maximum Gasteiger partial charge on any atom is 0.179 e. The number of sulfone groups is 1. The van der Waals surface area contributed by atoms with Crippen LogP contribution in [0.5, 0.6) is 5.75 Å². The number of rotatable bonds is 0. The minimum atomic E-state index is -3.38. The lowest BCUT2D eigenvalue weighted by Crippen LogP contribution is -2.59. The van der Waals surface area contributed by atoms with Gasteiger partial charge in [-0.15, -0.1) is 0 Å². The Hall–Kier alpha value is -1.03. The van der Waals surface area contributed by atoms with E-state index in [0.717, 1.165) is 24.8 Å². The smallest absolute Gasteiger partial charge is 0.179 e. The summed E-state index contributed by atoms with van der Waals surface area (Å²) in [4.78, 5) is 0.380. The molecule has 2 aliphatic carbocycles. The first-order chi connectivity index (χ1) is 11.9. The Kier molecular flexibility index (Phi) is 3.72. The van der Waals surface area contributed by atoms with Gasteiger partial charge in [-0.2, -0.15) is 0 Å². The molecule has 144 valence electrons. The number of aryl methyl sites for hydroxylation is 1. The highest BCUT2D eigenvalue weighted by Gasteiger charge is 2.62. The van der Waals surface area contributed by atoms with Gasteiger partial charge in [-0.3, -0.25) is 0 Å². The molecule has 1 aromatic carbocycles. The molecule has 0 bridgehead atoms. The molecule has 0 amide bonds. The molecule has 3 aliphatic rings. The molecular formula is C22H32O3S. The molecule has 4 unspecified atom stereocenters. The van der Waals surface area contributed by atoms with E-state index in [1.807, 2.05) is 6.92 Å². The van der Waals surface area contributed by atoms with Crippen LogP contribution in [-0.4, -0.2) is 19.3 Å². The number of aromatic hydroxyl groups is 1. The second kappa shape index (κ2) is 5.27. The fourth-order valence-corrected chi connectivity index (χ4v) is 9.57. The van der Waals surface area contributed by atoms with E-state index >= 15 is 0 Å². The second-order valence-corrected chi connectivity index (χ2v) is 12.4. The van der Waals surface area contributed by atoms with Crippen molar-refractivity contribution in [2.45, 2.75) is 77.0 Å². The van der Waals surface area contributed by atoms with Crippen molar-refractivity contribution in [2.75, 3.05) is 5.75 Å². The summed E-state index contributed by atoms with van der Waals surface area (Å²) < 4.78 is 26.5. The van der Waals surface area contributed by atoms with Crippen LogP contribution in [0.2, 0.25) is 0 Å². The number of fused-ring (bicyclic) bond motifs is 5. The standard InChI is InChI=1S/C22H32O3S/c1-14-11-15(23)19-16(12-14)26(24,25)13-18-21(4)9-6-8-20(2,3)17(21)7-10-22(18,19)5/h11-12,17-18,23H,6-10,13H2,1-5H3. The number of hydrogen-bond acceptors (Lipinski definition) is 3. The summed E-state index contributed by atoms with van der Waals surface area (Å²) in [6, 6.07) is 3.51. The van der Waals surface area contributed by atoms with Crippen LogP contribution < -0.4 is 0 Å². The van der Waals surface area contributed by atoms with Crippen molar-refractivity contribution in [3.63, 3.8) is 0 Å². The van der Waals surface area contributed by atoms with E-state index in [-0.39, 0.29) is 33.7 Å². The molecule has 3 nitrogen and oxygen atoms in total. The van der Waals surface area contributed by atoms with Gasteiger partial charge in [0.15, 0.2) is 9.84 Å². The Morgan fingerprint density at radius 3 is 2.42 bits per heavy atom. The Balaban J connectivity index is 1.95. The summed E-state index contributed by atoms with van der Waals surface area (Å²) in [6.45, 7) is 11.1. The molecule has 0 radical (unpaired) electrons. The molecule has 4 atom stereocenters. The van der Waals surface area contributed by atoms with Crippen LogP contribution in [0, 0.1) is 29.6 Å². The van der Waals surface area contributed by atoms with Crippen molar-refractivity contribution in [3.8, 4) is 5.75 Å². The van der Waals surface area contributed by atoms with Crippen molar-refractivity contribution in [3.05, 3.63) is 23.3 Å². The Morgan fingerprint density at radius 1 is 1.04 bits per heavy atom. The van der Waals surface area contributed by atoms with Gasteiger partial charge in [-0.1, -0.05) is 34.1 Å². The highest BCUT2D eigenvalue weighted by atomic mass is 32.2. The summed E-state index contributed by atoms with van der Waals surface area (Å²) in [6.07, 6.45) is 5.56. The fourth-order valence-electron chi connectivity index (χ4n) is 7.19. The van der Waals surface area contributed by atoms with E-state index in [1.54, 1.807) is 12.1 Å². The zero-order valence-electron chi connectivity index (χ0n) is 16.7. The van der Waals surface area contributed by atoms with E-state index in [0.29, 0.717) is 16.4 Å². The van der Waals surface area contributed by atoms with Crippen LogP contribution in [0.3, 0.4) is 0 Å². The molecule has 1 aromatic rings. The van der Waals surface area contributed by atoms with Crippen LogP contribution in [0.25, 0.3) is 0 Å². The summed E-state index contributed by atoms with van der Waals surface area (Å²) in [7, 11) is -3.38. The van der Waals surface area contributed by atoms with Gasteiger partial charge in [-0.05, 0) is 73.0 Å². The van der Waals surface area contributed by atoms with Crippen molar-refractivity contribution >= 4 is 9.84 Å². The number of benzene rings is 1. The summed E-state index contributed by atoms with van der Waals surface area (Å²) in [5.41, 5.74) is 1.51. The van der Waals surface area contributed by atoms with Gasteiger partial charge >= 0.3 is 0 Å². The molecule has 1 aliphatic heterocycles. The third-order valence-corrected chi connectivity index (χ3v) is 10.1. The first-order valence-corrected chi connectivity index (χ1v) is 11.6. The van der Waals surface area contributed by atoms with Gasteiger partial charge in [0.1, 0.15) is 5.75 Å². The van der Waals surface area contributed by atoms with E-state index in [2.05, 4.69) is 27.7 Å². The number of hydrogen-bond donors (Lipinski definition) is 1. The van der Waals surface area contributed by atoms with Gasteiger partial charge in [-0.25, -0.2) is 8.42 Å². The minimum absolute atomic E-state index is 0.0108. The largest absolute Gasteiger partial charge is 0.508 e. The first-order valence-electron chi connectivity index (χ1n) is 9.99. The monoisotopic (exact) mass is 376 g/mol. The van der Waals surface area contributed by atoms with E-state index in [1.165, 1.54) is 12.8 Å². The Bertz CT molecular complexity index is 870. The molecular weight excluding hydrogens is 344 g/mol. The zero-order chi connectivity index (χ0) is 19.1. The van der Waals surface area contributed by atoms with Crippen LogP contribution in [0.15, 0.2) is 17.0 Å². The lowest BCUT2D eigenvalue weighted by molar-refractivity contribution is -0.0984. The highest BCUT2D eigenvalue weighted by molar-refractivity contribution is 7.91. The predicted molar refractivity (Wildman–Crippen MR) is 104 cm³/mol. The van der Waals surface area contributed by atoms with Crippen LogP contribution >= 0.6 is 0 Å². The maximum atomic E-state index is 13.2. The van der Waals surface area contributed by atoms with Crippen molar-refractivity contribution in [1.82, 2.24) is 0 Å². The molecule has 4 rings (SSSR count). The quantitative estimate of drug-likeness (QED) is 0.694. The van der Waals surface area contributed by atoms with Crippen molar-refractivity contribution < 1.29 is 13.5 Å². The molecule has 4 heteroatoms. The van der Waals surface area contributed by atoms with Gasteiger partial charge in [0.05, 0.1) is 10.6 Å². The second-order valence-electron chi connectivity index (χ2n) is 10.3. The molecule has 1 heterocycles. The highest BCUT2D eigenvalue weighted by Crippen LogP contribution is 2.67. The Morgan fingerprint density at radius 2 is 1.73 bits per heavy atom. The number of phenolic OH excluding ortho intramolecular Hbond substituents is 1. The lowest BCUT2D eigenvalue weighted by Gasteiger charge is -2.63. The maximum absolute atomic E-state index is 13.2. The van der Waals surface area contributed by atoms with Crippen LogP contribution in [0.1, 0.15) is 70.9 Å². The molecule has 0 spiro atoms. The molecule has 1 N–H and O–H groups in total. The van der Waals surface area contributed by atoms with Gasteiger partial charge in [0, 0.05) is 11.0 Å². The van der Waals surface area contributed by atoms with E-state index in [9.17, 15) is 13.5 Å². The average Bonchev–Trinajstić information content (AvgIpc) is 2.48. The van der Waals surface area contributed by atoms with Gasteiger partial charge < -0.3 is 5.11 Å². The topological polar surface area (TPSA) is 54.4 Å². The molecule has 26 heavy (non-hydrogen) atoms. The van der Waals surface area contributed by atoms with Crippen LogP contribution in [0.4, 0.5) is 0 Å². The normalized spacial score (nSPS) is 40.2. The van der Waals surface area contributed by atoms with Gasteiger partial charge in [0.2, 0.25) is 0 Å². The summed E-state index contributed by atoms with van der Waals surface area (Å²) in [5, 5.41) is 10.8. The minimum Gasteiger partial charge on any atom is -0.508 e. The van der Waals surface area contributed by atoms with Crippen molar-refractivity contribution in [2.24, 2.45) is 22.7 Å². The SMILES string of the molecule is Cc1cc(O)c2c(c1)S(=O)(=O)CC1C2(C)CCC2C(C)(C)CCCC21C. The Labute approximate surface area is 158 Å². The molecule has 0 saturated heterocycles. The average molecular weight is 377 g/mol. The molecule has 2 fully saturated rings. The van der Waals surface area contributed by atoms with Crippen LogP contribution in [-0.2, 0) is 15.3 Å². The molecule has 0 aromatic heterocycles. The van der Waals surface area contributed by atoms with Crippen molar-refractivity contribution in [1.29, 1.82) is 0 Å². The predicted octanol–water partition coefficient (Wildman–Crippen LogP) is 4.99. The zero-order valence-corrected chi connectivity index (χ0v) is 17.5. The summed E-state index contributed by atoms with van der Waals surface area (Å²) >= 11 is 0. The number of phenols is 1. The van der Waals surface area contributed by atoms with Gasteiger partial charge in [0.25, 0.3) is 0 Å². The van der Waals surface area contributed by atoms with E-state index in [4.69, 9.17) is 0 Å². The molecule has 2 saturated carbocycles. The fraction of sp³-hybridized carbons (Fsp3) is 0.727. The summed E-state index contributed by atoms with van der Waals surface area (Å²) in [5.74, 6) is 1.01. The lowest BCUT2D eigenvalue weighted by atomic mass is 9.43. The third kappa shape index (κ3) is 2.26. The first kappa shape index (κ1) is 18.3. The third-order valence-electron chi connectivity index (χ3n) is 8.31. The van der Waals surface area contributed by atoms with E-state index < -0.39 is 9.84 Å².